The molecule has 4 rings (SSSR count). The average molecular weight is 321 g/mol. The monoisotopic (exact) mass is 321 g/mol. The van der Waals surface area contributed by atoms with Crippen molar-refractivity contribution in [2.75, 3.05) is 13.1 Å². The van der Waals surface area contributed by atoms with Crippen LogP contribution in [0, 0.1) is 0 Å². The quantitative estimate of drug-likeness (QED) is 0.789. The molecule has 2 aromatic carbocycles. The van der Waals surface area contributed by atoms with Crippen LogP contribution in [0.2, 0.25) is 0 Å². The topological polar surface area (TPSA) is 58.2 Å². The van der Waals surface area contributed by atoms with E-state index in [1.165, 1.54) is 0 Å². The molecule has 0 aliphatic carbocycles. The van der Waals surface area contributed by atoms with Gasteiger partial charge in [0.25, 0.3) is 5.91 Å². The van der Waals surface area contributed by atoms with Gasteiger partial charge < -0.3 is 9.64 Å². The van der Waals surface area contributed by atoms with Crippen LogP contribution in [0.25, 0.3) is 10.9 Å². The van der Waals surface area contributed by atoms with Gasteiger partial charge in [-0.2, -0.15) is 5.10 Å². The van der Waals surface area contributed by atoms with E-state index in [9.17, 15) is 4.79 Å². The number of nitrogens with zero attached hydrogens (tertiary/aromatic N) is 2. The third-order valence-corrected chi connectivity index (χ3v) is 4.43. The summed E-state index contributed by atoms with van der Waals surface area (Å²) in [6, 6.07) is 15.7. The van der Waals surface area contributed by atoms with Crippen LogP contribution < -0.4 is 0 Å². The lowest BCUT2D eigenvalue weighted by atomic mass is 10.0. The van der Waals surface area contributed by atoms with Crippen molar-refractivity contribution in [3.05, 3.63) is 65.9 Å². The Kier molecular flexibility index (Phi) is 3.78. The van der Waals surface area contributed by atoms with E-state index in [-0.39, 0.29) is 18.1 Å². The highest BCUT2D eigenvalue weighted by atomic mass is 16.5. The minimum absolute atomic E-state index is 0.00567. The van der Waals surface area contributed by atoms with Gasteiger partial charge in [0.15, 0.2) is 0 Å². The molecular weight excluding hydrogens is 302 g/mol. The Hall–Kier alpha value is -2.66. The Morgan fingerprint density at radius 1 is 1.17 bits per heavy atom. The first kappa shape index (κ1) is 14.9. The third-order valence-electron chi connectivity index (χ3n) is 4.43. The summed E-state index contributed by atoms with van der Waals surface area (Å²) >= 11 is 0. The lowest BCUT2D eigenvalue weighted by Crippen LogP contribution is -2.46. The summed E-state index contributed by atoms with van der Waals surface area (Å²) in [4.78, 5) is 14.9. The van der Waals surface area contributed by atoms with Gasteiger partial charge in [-0.3, -0.25) is 9.89 Å². The second kappa shape index (κ2) is 6.09. The highest BCUT2D eigenvalue weighted by Gasteiger charge is 2.30. The average Bonchev–Trinajstić information content (AvgIpc) is 3.10. The minimum atomic E-state index is -0.0973. The maximum absolute atomic E-state index is 13.1. The van der Waals surface area contributed by atoms with Crippen molar-refractivity contribution in [2.45, 2.75) is 19.1 Å². The third kappa shape index (κ3) is 2.67. The zero-order chi connectivity index (χ0) is 16.5. The second-order valence-corrected chi connectivity index (χ2v) is 6.20. The fraction of sp³-hybridized carbons (Fsp3) is 0.263. The number of nitrogens with one attached hydrogen (secondary N) is 1. The first-order valence-electron chi connectivity index (χ1n) is 8.14. The fourth-order valence-electron chi connectivity index (χ4n) is 3.29. The van der Waals surface area contributed by atoms with Gasteiger partial charge in [0.2, 0.25) is 0 Å². The predicted molar refractivity (Wildman–Crippen MR) is 91.7 cm³/mol. The molecule has 0 radical (unpaired) electrons. The van der Waals surface area contributed by atoms with Crippen LogP contribution in [0.15, 0.2) is 54.7 Å². The predicted octanol–water partition coefficient (Wildman–Crippen LogP) is 3.17. The Morgan fingerprint density at radius 2 is 2.00 bits per heavy atom. The van der Waals surface area contributed by atoms with Gasteiger partial charge >= 0.3 is 0 Å². The summed E-state index contributed by atoms with van der Waals surface area (Å²) in [5.41, 5.74) is 2.55. The number of rotatable bonds is 2. The van der Waals surface area contributed by atoms with E-state index in [1.807, 2.05) is 60.4 Å². The standard InChI is InChI=1S/C19H19N3O2/c1-13-11-22(12-17(24-13)14-6-3-2-4-7-14)19(23)16-9-5-8-15-10-20-21-18(15)16/h2-10,13,17H,11-12H2,1H3,(H,20,21)/t13-,17-/m1/s1. The number of hydrogen-bond acceptors (Lipinski definition) is 3. The molecule has 0 bridgehead atoms. The summed E-state index contributed by atoms with van der Waals surface area (Å²) < 4.78 is 6.05. The van der Waals surface area contributed by atoms with Crippen LogP contribution in [-0.2, 0) is 4.74 Å². The second-order valence-electron chi connectivity index (χ2n) is 6.20. The van der Waals surface area contributed by atoms with Gasteiger partial charge in [-0.05, 0) is 18.6 Å². The minimum Gasteiger partial charge on any atom is -0.367 e. The van der Waals surface area contributed by atoms with Crippen molar-refractivity contribution in [1.29, 1.82) is 0 Å². The van der Waals surface area contributed by atoms with Gasteiger partial charge in [-0.1, -0.05) is 42.5 Å². The SMILES string of the molecule is C[C@@H]1CN(C(=O)c2cccc3cn[nH]c23)C[C@H](c2ccccc2)O1. The number of fused-ring (bicyclic) bond motifs is 1. The van der Waals surface area contributed by atoms with Crippen molar-refractivity contribution >= 4 is 16.8 Å². The summed E-state index contributed by atoms with van der Waals surface area (Å²) in [5.74, 6) is 0.0148. The number of aromatic amines is 1. The molecule has 1 amide bonds. The van der Waals surface area contributed by atoms with Gasteiger partial charge in [-0.15, -0.1) is 0 Å². The summed E-state index contributed by atoms with van der Waals surface area (Å²) in [6.07, 6.45) is 1.63. The van der Waals surface area contributed by atoms with Gasteiger partial charge in [0.1, 0.15) is 6.10 Å². The van der Waals surface area contributed by atoms with Gasteiger partial charge in [0.05, 0.1) is 29.9 Å². The lowest BCUT2D eigenvalue weighted by Gasteiger charge is -2.37. The van der Waals surface area contributed by atoms with E-state index in [0.717, 1.165) is 16.5 Å². The van der Waals surface area contributed by atoms with E-state index in [4.69, 9.17) is 4.74 Å². The molecule has 24 heavy (non-hydrogen) atoms. The van der Waals surface area contributed by atoms with Crippen molar-refractivity contribution in [3.8, 4) is 0 Å². The van der Waals surface area contributed by atoms with E-state index >= 15 is 0 Å². The molecule has 122 valence electrons. The van der Waals surface area contributed by atoms with E-state index < -0.39 is 0 Å². The number of H-pyrrole nitrogens is 1. The van der Waals surface area contributed by atoms with Crippen molar-refractivity contribution in [1.82, 2.24) is 15.1 Å². The molecule has 1 N–H and O–H groups in total. The molecule has 0 unspecified atom stereocenters. The number of carbonyl (C=O) groups excluding carboxylic acids is 1. The van der Waals surface area contributed by atoms with E-state index in [2.05, 4.69) is 10.2 Å². The molecule has 0 spiro atoms. The van der Waals surface area contributed by atoms with Gasteiger partial charge in [-0.25, -0.2) is 0 Å². The molecule has 1 aliphatic heterocycles. The number of aromatic nitrogens is 2. The number of amides is 1. The Morgan fingerprint density at radius 3 is 2.83 bits per heavy atom. The molecule has 5 nitrogen and oxygen atoms in total. The number of benzene rings is 2. The first-order valence-corrected chi connectivity index (χ1v) is 8.14. The molecule has 1 saturated heterocycles. The van der Waals surface area contributed by atoms with Crippen molar-refractivity contribution in [3.63, 3.8) is 0 Å². The number of carbonyl (C=O) groups is 1. The van der Waals surface area contributed by atoms with Gasteiger partial charge in [0, 0.05) is 11.9 Å². The van der Waals surface area contributed by atoms with Crippen LogP contribution >= 0.6 is 0 Å². The number of morpholine rings is 1. The molecule has 0 saturated carbocycles. The van der Waals surface area contributed by atoms with Crippen molar-refractivity contribution in [2.24, 2.45) is 0 Å². The number of hydrogen-bond donors (Lipinski definition) is 1. The maximum Gasteiger partial charge on any atom is 0.256 e. The highest BCUT2D eigenvalue weighted by Crippen LogP contribution is 2.27. The fourth-order valence-corrected chi connectivity index (χ4v) is 3.29. The molecule has 5 heteroatoms. The summed E-state index contributed by atoms with van der Waals surface area (Å²) in [5, 5.41) is 7.93. The Labute approximate surface area is 140 Å². The highest BCUT2D eigenvalue weighted by molar-refractivity contribution is 6.05. The zero-order valence-electron chi connectivity index (χ0n) is 13.5. The van der Waals surface area contributed by atoms with Crippen LogP contribution in [0.1, 0.15) is 28.9 Å². The normalized spacial score (nSPS) is 21.1. The Bertz CT molecular complexity index is 859. The van der Waals surface area contributed by atoms with Crippen LogP contribution in [0.3, 0.4) is 0 Å². The molecule has 2 heterocycles. The zero-order valence-corrected chi connectivity index (χ0v) is 13.5. The first-order chi connectivity index (χ1) is 11.7. The molecule has 1 aromatic heterocycles. The van der Waals surface area contributed by atoms with Crippen LogP contribution in [-0.4, -0.2) is 40.2 Å². The molecular formula is C19H19N3O2. The van der Waals surface area contributed by atoms with E-state index in [1.54, 1.807) is 6.20 Å². The number of ether oxygens (including phenoxy) is 1. The molecule has 2 atom stereocenters. The molecule has 1 fully saturated rings. The lowest BCUT2D eigenvalue weighted by molar-refractivity contribution is -0.0691. The number of para-hydroxylation sites is 1. The summed E-state index contributed by atoms with van der Waals surface area (Å²) in [6.45, 7) is 3.15. The maximum atomic E-state index is 13.1. The van der Waals surface area contributed by atoms with Crippen molar-refractivity contribution < 1.29 is 9.53 Å². The molecule has 1 aliphatic rings. The smallest absolute Gasteiger partial charge is 0.256 e. The largest absolute Gasteiger partial charge is 0.367 e. The van der Waals surface area contributed by atoms with Crippen LogP contribution in [0.4, 0.5) is 0 Å². The summed E-state index contributed by atoms with van der Waals surface area (Å²) in [7, 11) is 0. The van der Waals surface area contributed by atoms with Crippen LogP contribution in [0.5, 0.6) is 0 Å². The molecule has 3 aromatic rings. The Balaban J connectivity index is 1.63. The van der Waals surface area contributed by atoms with E-state index in [0.29, 0.717) is 18.7 Å².